The molecule has 1 aliphatic heterocycles. The minimum atomic E-state index is -4.68. The number of rotatable bonds is 10. The van der Waals surface area contributed by atoms with Gasteiger partial charge in [-0.2, -0.15) is 17.5 Å². The van der Waals surface area contributed by atoms with Gasteiger partial charge in [-0.3, -0.25) is 9.10 Å². The molecule has 2 aromatic carbocycles. The van der Waals surface area contributed by atoms with Gasteiger partial charge in [-0.05, 0) is 62.2 Å². The minimum absolute atomic E-state index is 0.0148. The van der Waals surface area contributed by atoms with Crippen LogP contribution in [0.3, 0.4) is 0 Å². The molecule has 1 N–H and O–H groups in total. The Labute approximate surface area is 220 Å². The molecule has 210 valence electrons. The van der Waals surface area contributed by atoms with Crippen molar-refractivity contribution in [3.05, 3.63) is 54.1 Å². The van der Waals surface area contributed by atoms with Crippen LogP contribution in [0.4, 0.5) is 18.9 Å². The average molecular weight is 578 g/mol. The van der Waals surface area contributed by atoms with E-state index in [9.17, 15) is 34.8 Å². The number of anilines is 1. The lowest BCUT2D eigenvalue weighted by atomic mass is 10.2. The van der Waals surface area contributed by atoms with Crippen molar-refractivity contribution in [2.24, 2.45) is 0 Å². The Bertz CT molecular complexity index is 1330. The van der Waals surface area contributed by atoms with E-state index in [1.165, 1.54) is 41.6 Å². The number of carbonyl (C=O) groups excluding carboxylic acids is 1. The monoisotopic (exact) mass is 577 g/mol. The second-order valence-corrected chi connectivity index (χ2v) is 12.7. The highest BCUT2D eigenvalue weighted by Gasteiger charge is 2.34. The lowest BCUT2D eigenvalue weighted by molar-refractivity contribution is -0.137. The Morgan fingerprint density at radius 1 is 1.05 bits per heavy atom. The zero-order chi connectivity index (χ0) is 28.1. The van der Waals surface area contributed by atoms with Gasteiger partial charge in [-0.15, -0.1) is 0 Å². The molecule has 0 bridgehead atoms. The molecule has 1 aliphatic rings. The molecule has 2 aromatic rings. The van der Waals surface area contributed by atoms with Crippen molar-refractivity contribution in [1.82, 2.24) is 9.62 Å². The number of nitrogens with one attached hydrogen (secondary N) is 1. The van der Waals surface area contributed by atoms with E-state index in [0.29, 0.717) is 29.2 Å². The second kappa shape index (κ2) is 11.9. The fourth-order valence-electron chi connectivity index (χ4n) is 4.08. The molecule has 3 rings (SSSR count). The van der Waals surface area contributed by atoms with Crippen LogP contribution < -0.4 is 14.4 Å². The third kappa shape index (κ3) is 7.38. The summed E-state index contributed by atoms with van der Waals surface area (Å²) in [5, 5.41) is 2.50. The molecule has 1 atom stereocenters. The summed E-state index contributed by atoms with van der Waals surface area (Å²) in [5.74, 6) is -0.369. The standard InChI is InChI=1S/C24H30F3N3O6S2/c1-18(30(37(2,32)33)20-8-6-7-19(17-20)24(25,26)27)23(31)28-13-16-36-21-9-11-22(12-10-21)38(34,35)29-14-4-3-5-15-29/h6-12,17-18H,3-5,13-16H2,1-2H3,(H,28,31)/t18-/m0/s1. The average Bonchev–Trinajstić information content (AvgIpc) is 2.86. The van der Waals surface area contributed by atoms with Crippen molar-refractivity contribution in [2.75, 3.05) is 36.8 Å². The quantitative estimate of drug-likeness (QED) is 0.434. The third-order valence-electron chi connectivity index (χ3n) is 5.96. The van der Waals surface area contributed by atoms with Gasteiger partial charge in [0.25, 0.3) is 0 Å². The number of amides is 1. The van der Waals surface area contributed by atoms with Crippen molar-refractivity contribution in [2.45, 2.75) is 43.3 Å². The molecule has 1 amide bonds. The van der Waals surface area contributed by atoms with Crippen molar-refractivity contribution in [3.8, 4) is 5.75 Å². The maximum absolute atomic E-state index is 13.1. The fraction of sp³-hybridized carbons (Fsp3) is 0.458. The number of hydrogen-bond donors (Lipinski definition) is 1. The van der Waals surface area contributed by atoms with Crippen LogP contribution in [0.1, 0.15) is 31.7 Å². The molecule has 0 unspecified atom stereocenters. The molecule has 0 aliphatic carbocycles. The first-order valence-corrected chi connectivity index (χ1v) is 15.2. The van der Waals surface area contributed by atoms with Gasteiger partial charge in [0.2, 0.25) is 26.0 Å². The molecule has 0 aromatic heterocycles. The van der Waals surface area contributed by atoms with Crippen LogP contribution in [0.25, 0.3) is 0 Å². The topological polar surface area (TPSA) is 113 Å². The van der Waals surface area contributed by atoms with Crippen LogP contribution in [0.15, 0.2) is 53.4 Å². The Morgan fingerprint density at radius 2 is 1.68 bits per heavy atom. The summed E-state index contributed by atoms with van der Waals surface area (Å²) in [6.07, 6.45) is -1.22. The molecular weight excluding hydrogens is 547 g/mol. The molecule has 14 heteroatoms. The predicted octanol–water partition coefficient (Wildman–Crippen LogP) is 3.23. The van der Waals surface area contributed by atoms with Crippen LogP contribution in [0, 0.1) is 0 Å². The largest absolute Gasteiger partial charge is 0.492 e. The number of benzene rings is 2. The number of nitrogens with zero attached hydrogens (tertiary/aromatic N) is 2. The number of alkyl halides is 3. The summed E-state index contributed by atoms with van der Waals surface area (Å²) in [7, 11) is -7.68. The smallest absolute Gasteiger partial charge is 0.416 e. The van der Waals surface area contributed by atoms with Gasteiger partial charge >= 0.3 is 6.18 Å². The molecule has 1 saturated heterocycles. The highest BCUT2D eigenvalue weighted by Crippen LogP contribution is 2.33. The van der Waals surface area contributed by atoms with Gasteiger partial charge < -0.3 is 10.1 Å². The minimum Gasteiger partial charge on any atom is -0.492 e. The van der Waals surface area contributed by atoms with Crippen LogP contribution in [-0.4, -0.2) is 65.6 Å². The predicted molar refractivity (Wildman–Crippen MR) is 136 cm³/mol. The van der Waals surface area contributed by atoms with Crippen LogP contribution >= 0.6 is 0 Å². The van der Waals surface area contributed by atoms with Gasteiger partial charge in [0.1, 0.15) is 18.4 Å². The molecule has 1 heterocycles. The van der Waals surface area contributed by atoms with E-state index in [-0.39, 0.29) is 23.7 Å². The number of piperidine rings is 1. The zero-order valence-corrected chi connectivity index (χ0v) is 22.6. The molecule has 9 nitrogen and oxygen atoms in total. The Kier molecular flexibility index (Phi) is 9.31. The van der Waals surface area contributed by atoms with Gasteiger partial charge in [0.05, 0.1) is 28.9 Å². The van der Waals surface area contributed by atoms with E-state index in [0.717, 1.165) is 37.7 Å². The zero-order valence-electron chi connectivity index (χ0n) is 20.9. The molecule has 38 heavy (non-hydrogen) atoms. The van der Waals surface area contributed by atoms with Crippen LogP contribution in [0.2, 0.25) is 0 Å². The third-order valence-corrected chi connectivity index (χ3v) is 9.12. The first-order chi connectivity index (χ1) is 17.7. The van der Waals surface area contributed by atoms with Crippen molar-refractivity contribution < 1.29 is 39.5 Å². The molecule has 0 radical (unpaired) electrons. The molecule has 1 fully saturated rings. The van der Waals surface area contributed by atoms with E-state index in [1.54, 1.807) is 0 Å². The fourth-order valence-corrected chi connectivity index (χ4v) is 6.76. The summed E-state index contributed by atoms with van der Waals surface area (Å²) in [6, 6.07) is 8.27. The number of ether oxygens (including phenoxy) is 1. The van der Waals surface area contributed by atoms with Crippen LogP contribution in [-0.2, 0) is 31.0 Å². The Hall–Kier alpha value is -2.84. The summed E-state index contributed by atoms with van der Waals surface area (Å²) in [5.41, 5.74) is -1.33. The Balaban J connectivity index is 1.58. The maximum Gasteiger partial charge on any atom is 0.416 e. The summed E-state index contributed by atoms with van der Waals surface area (Å²) >= 11 is 0. The summed E-state index contributed by atoms with van der Waals surface area (Å²) < 4.78 is 97.1. The van der Waals surface area contributed by atoms with Crippen LogP contribution in [0.5, 0.6) is 5.75 Å². The van der Waals surface area contributed by atoms with Gasteiger partial charge in [-0.25, -0.2) is 16.8 Å². The van der Waals surface area contributed by atoms with Crippen molar-refractivity contribution in [1.29, 1.82) is 0 Å². The van der Waals surface area contributed by atoms with E-state index in [4.69, 9.17) is 4.74 Å². The maximum atomic E-state index is 13.1. The highest BCUT2D eigenvalue weighted by atomic mass is 32.2. The van der Waals surface area contributed by atoms with Crippen molar-refractivity contribution in [3.63, 3.8) is 0 Å². The van der Waals surface area contributed by atoms with E-state index < -0.39 is 43.7 Å². The molecular formula is C24H30F3N3O6S2. The number of carbonyl (C=O) groups is 1. The number of hydrogen-bond acceptors (Lipinski definition) is 6. The SMILES string of the molecule is C[C@@H](C(=O)NCCOc1ccc(S(=O)(=O)N2CCCCC2)cc1)N(c1cccc(C(F)(F)F)c1)S(C)(=O)=O. The van der Waals surface area contributed by atoms with Gasteiger partial charge in [0, 0.05) is 13.1 Å². The van der Waals surface area contributed by atoms with E-state index in [1.807, 2.05) is 0 Å². The number of sulfonamides is 2. The summed E-state index contributed by atoms with van der Waals surface area (Å²) in [6.45, 7) is 2.20. The van der Waals surface area contributed by atoms with Crippen molar-refractivity contribution >= 4 is 31.6 Å². The lowest BCUT2D eigenvalue weighted by Crippen LogP contribution is -2.48. The molecule has 0 saturated carbocycles. The number of halogens is 3. The first-order valence-electron chi connectivity index (χ1n) is 11.9. The second-order valence-electron chi connectivity index (χ2n) is 8.86. The Morgan fingerprint density at radius 3 is 2.26 bits per heavy atom. The van der Waals surface area contributed by atoms with Gasteiger partial charge in [0.15, 0.2) is 0 Å². The van der Waals surface area contributed by atoms with E-state index in [2.05, 4.69) is 5.32 Å². The van der Waals surface area contributed by atoms with Gasteiger partial charge in [-0.1, -0.05) is 12.5 Å². The highest BCUT2D eigenvalue weighted by molar-refractivity contribution is 7.92. The van der Waals surface area contributed by atoms with E-state index >= 15 is 0 Å². The normalized spacial score (nSPS) is 16.0. The first kappa shape index (κ1) is 29.7. The summed E-state index contributed by atoms with van der Waals surface area (Å²) in [4.78, 5) is 12.8. The lowest BCUT2D eigenvalue weighted by Gasteiger charge is -2.28. The molecule has 0 spiro atoms.